The average molecular weight is 222 g/mol. The van der Waals surface area contributed by atoms with Crippen molar-refractivity contribution >= 4 is 5.97 Å². The van der Waals surface area contributed by atoms with Gasteiger partial charge in [-0.25, -0.2) is 0 Å². The second-order valence-corrected chi connectivity index (χ2v) is 3.89. The predicted octanol–water partition coefficient (Wildman–Crippen LogP) is 2.50. The molecule has 0 saturated heterocycles. The first-order valence-electron chi connectivity index (χ1n) is 5.49. The van der Waals surface area contributed by atoms with E-state index in [4.69, 9.17) is 4.74 Å². The van der Waals surface area contributed by atoms with Crippen molar-refractivity contribution in [1.29, 1.82) is 0 Å². The molecule has 3 heteroatoms. The van der Waals surface area contributed by atoms with Gasteiger partial charge in [0.25, 0.3) is 0 Å². The molecule has 1 aromatic rings. The highest BCUT2D eigenvalue weighted by Gasteiger charge is 2.08. The zero-order valence-corrected chi connectivity index (χ0v) is 10.0. The van der Waals surface area contributed by atoms with E-state index in [9.17, 15) is 9.90 Å². The molecule has 0 atom stereocenters. The third-order valence-electron chi connectivity index (χ3n) is 2.43. The van der Waals surface area contributed by atoms with E-state index in [1.807, 2.05) is 26.0 Å². The number of phenols is 1. The van der Waals surface area contributed by atoms with E-state index in [2.05, 4.69) is 0 Å². The predicted molar refractivity (Wildman–Crippen MR) is 62.5 cm³/mol. The maximum atomic E-state index is 11.2. The lowest BCUT2D eigenvalue weighted by Gasteiger charge is -2.08. The number of aromatic hydroxyl groups is 1. The van der Waals surface area contributed by atoms with Gasteiger partial charge in [0.15, 0.2) is 0 Å². The Kier molecular flexibility index (Phi) is 4.35. The zero-order chi connectivity index (χ0) is 12.1. The summed E-state index contributed by atoms with van der Waals surface area (Å²) in [5.41, 5.74) is 2.75. The first kappa shape index (κ1) is 12.6. The molecule has 0 bridgehead atoms. The number of carbonyl (C=O) groups excluding carboxylic acids is 1. The molecule has 0 radical (unpaired) electrons. The van der Waals surface area contributed by atoms with Gasteiger partial charge < -0.3 is 9.84 Å². The number of hydrogen-bond donors (Lipinski definition) is 1. The van der Waals surface area contributed by atoms with Crippen LogP contribution in [-0.4, -0.2) is 17.7 Å². The van der Waals surface area contributed by atoms with Crippen molar-refractivity contribution in [2.45, 2.75) is 33.6 Å². The Labute approximate surface area is 96.1 Å². The molecule has 1 rings (SSSR count). The van der Waals surface area contributed by atoms with E-state index < -0.39 is 0 Å². The van der Waals surface area contributed by atoms with Crippen molar-refractivity contribution < 1.29 is 14.6 Å². The molecule has 0 aliphatic carbocycles. The topological polar surface area (TPSA) is 46.5 Å². The van der Waals surface area contributed by atoms with E-state index in [0.717, 1.165) is 16.7 Å². The van der Waals surface area contributed by atoms with Gasteiger partial charge in [-0.3, -0.25) is 4.79 Å². The van der Waals surface area contributed by atoms with Crippen LogP contribution in [0.2, 0.25) is 0 Å². The van der Waals surface area contributed by atoms with Crippen LogP contribution in [0.15, 0.2) is 12.1 Å². The summed E-state index contributed by atoms with van der Waals surface area (Å²) in [6, 6.07) is 3.82. The fourth-order valence-electron chi connectivity index (χ4n) is 1.71. The highest BCUT2D eigenvalue weighted by Crippen LogP contribution is 2.24. The third kappa shape index (κ3) is 3.26. The van der Waals surface area contributed by atoms with Gasteiger partial charge in [-0.2, -0.15) is 0 Å². The van der Waals surface area contributed by atoms with Crippen LogP contribution >= 0.6 is 0 Å². The fraction of sp³-hybridized carbons (Fsp3) is 0.462. The van der Waals surface area contributed by atoms with Crippen molar-refractivity contribution in [2.75, 3.05) is 6.61 Å². The molecule has 1 N–H and O–H groups in total. The Hall–Kier alpha value is -1.51. The number of rotatable bonds is 4. The van der Waals surface area contributed by atoms with Gasteiger partial charge in [-0.1, -0.05) is 17.7 Å². The summed E-state index contributed by atoms with van der Waals surface area (Å²) in [5, 5.41) is 9.81. The summed E-state index contributed by atoms with van der Waals surface area (Å²) < 4.78 is 4.84. The Morgan fingerprint density at radius 3 is 2.69 bits per heavy atom. The number of aryl methyl sites for hydroxylation is 3. The minimum Gasteiger partial charge on any atom is -0.507 e. The third-order valence-corrected chi connectivity index (χ3v) is 2.43. The molecule has 88 valence electrons. The molecule has 0 aliphatic rings. The summed E-state index contributed by atoms with van der Waals surface area (Å²) in [4.78, 5) is 11.2. The van der Waals surface area contributed by atoms with E-state index >= 15 is 0 Å². The van der Waals surface area contributed by atoms with Crippen LogP contribution in [0.25, 0.3) is 0 Å². The molecule has 0 aromatic heterocycles. The van der Waals surface area contributed by atoms with Gasteiger partial charge in [0.2, 0.25) is 0 Å². The first-order chi connectivity index (χ1) is 7.54. The average Bonchev–Trinajstić information content (AvgIpc) is 2.21. The van der Waals surface area contributed by atoms with Crippen LogP contribution in [0.1, 0.15) is 30.0 Å². The summed E-state index contributed by atoms with van der Waals surface area (Å²) >= 11 is 0. The normalized spacial score (nSPS) is 10.2. The van der Waals surface area contributed by atoms with Gasteiger partial charge >= 0.3 is 5.97 Å². The van der Waals surface area contributed by atoms with Crippen LogP contribution in [0.3, 0.4) is 0 Å². The monoisotopic (exact) mass is 222 g/mol. The summed E-state index contributed by atoms with van der Waals surface area (Å²) in [6.45, 7) is 6.01. The van der Waals surface area contributed by atoms with Crippen LogP contribution < -0.4 is 0 Å². The van der Waals surface area contributed by atoms with Gasteiger partial charge in [0.05, 0.1) is 6.61 Å². The minimum atomic E-state index is -0.221. The largest absolute Gasteiger partial charge is 0.507 e. The lowest BCUT2D eigenvalue weighted by atomic mass is 10.0. The van der Waals surface area contributed by atoms with Gasteiger partial charge in [0, 0.05) is 6.42 Å². The Morgan fingerprint density at radius 2 is 2.06 bits per heavy atom. The van der Waals surface area contributed by atoms with Crippen molar-refractivity contribution in [3.63, 3.8) is 0 Å². The molecule has 0 aliphatic heterocycles. The molecule has 0 heterocycles. The number of carbonyl (C=O) groups is 1. The highest BCUT2D eigenvalue weighted by molar-refractivity contribution is 5.69. The quantitative estimate of drug-likeness (QED) is 0.796. The van der Waals surface area contributed by atoms with Gasteiger partial charge in [-0.15, -0.1) is 0 Å². The lowest BCUT2D eigenvalue weighted by Crippen LogP contribution is -2.05. The van der Waals surface area contributed by atoms with E-state index in [1.165, 1.54) is 0 Å². The van der Waals surface area contributed by atoms with Gasteiger partial charge in [0.1, 0.15) is 5.75 Å². The first-order valence-corrected chi connectivity index (χ1v) is 5.49. The number of ether oxygens (including phenoxy) is 1. The summed E-state index contributed by atoms with van der Waals surface area (Å²) in [7, 11) is 0. The van der Waals surface area contributed by atoms with Crippen molar-refractivity contribution in [3.8, 4) is 5.75 Å². The smallest absolute Gasteiger partial charge is 0.306 e. The minimum absolute atomic E-state index is 0.221. The molecule has 0 spiro atoms. The molecular weight excluding hydrogens is 204 g/mol. The molecule has 0 fully saturated rings. The van der Waals surface area contributed by atoms with Crippen molar-refractivity contribution in [1.82, 2.24) is 0 Å². The SMILES string of the molecule is CCOC(=O)CCc1cc(C)cc(C)c1O. The molecule has 0 unspecified atom stereocenters. The highest BCUT2D eigenvalue weighted by atomic mass is 16.5. The van der Waals surface area contributed by atoms with Crippen molar-refractivity contribution in [3.05, 3.63) is 28.8 Å². The van der Waals surface area contributed by atoms with Crippen LogP contribution in [0.5, 0.6) is 5.75 Å². The second-order valence-electron chi connectivity index (χ2n) is 3.89. The number of hydrogen-bond acceptors (Lipinski definition) is 3. The fourth-order valence-corrected chi connectivity index (χ4v) is 1.71. The van der Waals surface area contributed by atoms with E-state index in [1.54, 1.807) is 6.92 Å². The second kappa shape index (κ2) is 5.54. The Balaban J connectivity index is 2.70. The summed E-state index contributed by atoms with van der Waals surface area (Å²) in [6.07, 6.45) is 0.831. The van der Waals surface area contributed by atoms with Crippen LogP contribution in [-0.2, 0) is 16.0 Å². The molecule has 1 aromatic carbocycles. The number of phenolic OH excluding ortho intramolecular Hbond substituents is 1. The lowest BCUT2D eigenvalue weighted by molar-refractivity contribution is -0.143. The molecule has 16 heavy (non-hydrogen) atoms. The number of benzene rings is 1. The summed E-state index contributed by atoms with van der Waals surface area (Å²) in [5.74, 6) is 0.0657. The standard InChI is InChI=1S/C13H18O3/c1-4-16-12(14)6-5-11-8-9(2)7-10(3)13(11)15/h7-8,15H,4-6H2,1-3H3. The van der Waals surface area contributed by atoms with E-state index in [-0.39, 0.29) is 11.7 Å². The van der Waals surface area contributed by atoms with Crippen LogP contribution in [0.4, 0.5) is 0 Å². The molecule has 0 amide bonds. The zero-order valence-electron chi connectivity index (χ0n) is 10.0. The molecular formula is C13H18O3. The number of esters is 1. The van der Waals surface area contributed by atoms with Gasteiger partial charge in [-0.05, 0) is 38.3 Å². The van der Waals surface area contributed by atoms with Crippen molar-refractivity contribution in [2.24, 2.45) is 0 Å². The van der Waals surface area contributed by atoms with E-state index in [0.29, 0.717) is 19.4 Å². The Bertz CT molecular complexity index is 383. The maximum Gasteiger partial charge on any atom is 0.306 e. The van der Waals surface area contributed by atoms with Crippen LogP contribution in [0, 0.1) is 13.8 Å². The maximum absolute atomic E-state index is 11.2. The molecule has 3 nitrogen and oxygen atoms in total. The Morgan fingerprint density at radius 1 is 1.38 bits per heavy atom. The molecule has 0 saturated carbocycles.